The summed E-state index contributed by atoms with van der Waals surface area (Å²) in [5.74, 6) is -0.151. The second-order valence-corrected chi connectivity index (χ2v) is 8.86. The van der Waals surface area contributed by atoms with Crippen molar-refractivity contribution >= 4 is 23.2 Å². The number of methoxy groups -OCH3 is 1. The zero-order chi connectivity index (χ0) is 21.3. The number of aryl methyl sites for hydroxylation is 1. The average molecular weight is 429 g/mol. The number of carbonyl (C=O) groups is 2. The van der Waals surface area contributed by atoms with Gasteiger partial charge in [0.1, 0.15) is 6.04 Å². The summed E-state index contributed by atoms with van der Waals surface area (Å²) in [7, 11) is 1.62. The maximum Gasteiger partial charge on any atom is 0.247 e. The van der Waals surface area contributed by atoms with Gasteiger partial charge >= 0.3 is 0 Å². The molecule has 0 spiro atoms. The monoisotopic (exact) mass is 428 g/mol. The normalized spacial score (nSPS) is 15.1. The molecule has 1 aliphatic rings. The molecule has 0 aliphatic heterocycles. The van der Waals surface area contributed by atoms with Crippen molar-refractivity contribution in [1.82, 2.24) is 10.2 Å². The third-order valence-corrected chi connectivity index (χ3v) is 6.60. The lowest BCUT2D eigenvalue weighted by atomic mass is 10.0. The van der Waals surface area contributed by atoms with Gasteiger partial charge in [0.25, 0.3) is 0 Å². The number of nitrogens with zero attached hydrogens (tertiary/aromatic N) is 1. The summed E-state index contributed by atoms with van der Waals surface area (Å²) in [6, 6.07) is 11.5. The van der Waals surface area contributed by atoms with Gasteiger partial charge in [0.15, 0.2) is 0 Å². The third-order valence-electron chi connectivity index (χ3n) is 5.73. The summed E-state index contributed by atoms with van der Waals surface area (Å²) in [5.41, 5.74) is 2.06. The highest BCUT2D eigenvalue weighted by Crippen LogP contribution is 2.26. The first-order valence-corrected chi connectivity index (χ1v) is 11.7. The van der Waals surface area contributed by atoms with Crippen LogP contribution in [0.5, 0.6) is 0 Å². The summed E-state index contributed by atoms with van der Waals surface area (Å²) in [6.45, 7) is 2.87. The van der Waals surface area contributed by atoms with Crippen LogP contribution in [0.15, 0.2) is 41.8 Å². The minimum absolute atomic E-state index is 0.0550. The van der Waals surface area contributed by atoms with Crippen molar-refractivity contribution in [2.24, 2.45) is 0 Å². The molecule has 1 heterocycles. The van der Waals surface area contributed by atoms with Crippen LogP contribution in [0.4, 0.5) is 0 Å². The number of carbonyl (C=O) groups excluding carboxylic acids is 2. The molecule has 0 saturated heterocycles. The van der Waals surface area contributed by atoms with Crippen LogP contribution in [0.3, 0.4) is 0 Å². The van der Waals surface area contributed by atoms with Gasteiger partial charge in [-0.3, -0.25) is 9.59 Å². The molecule has 1 aromatic carbocycles. The Morgan fingerprint density at radius 1 is 1.20 bits per heavy atom. The van der Waals surface area contributed by atoms with E-state index in [0.717, 1.165) is 42.5 Å². The lowest BCUT2D eigenvalue weighted by Gasteiger charge is -2.32. The topological polar surface area (TPSA) is 58.6 Å². The van der Waals surface area contributed by atoms with Crippen LogP contribution >= 0.6 is 11.3 Å². The van der Waals surface area contributed by atoms with Crippen molar-refractivity contribution in [1.29, 1.82) is 0 Å². The molecule has 0 unspecified atom stereocenters. The number of thiophene rings is 1. The number of hydrogen-bond donors (Lipinski definition) is 1. The summed E-state index contributed by atoms with van der Waals surface area (Å²) in [4.78, 5) is 29.4. The standard InChI is InChI=1S/C24H32N2O3S/c1-3-18-10-12-19(13-11-18)23(24(28)25-20-7-4-5-8-20)26(14-15-29-2)22(27)17-21-9-6-16-30-21/h6,9-13,16,20,23H,3-5,7-8,14-15,17H2,1-2H3,(H,25,28)/t23-/m0/s1. The van der Waals surface area contributed by atoms with Gasteiger partial charge in [-0.2, -0.15) is 0 Å². The zero-order valence-electron chi connectivity index (χ0n) is 17.9. The lowest BCUT2D eigenvalue weighted by Crippen LogP contribution is -2.47. The molecule has 1 saturated carbocycles. The van der Waals surface area contributed by atoms with E-state index in [1.54, 1.807) is 23.3 Å². The lowest BCUT2D eigenvalue weighted by molar-refractivity contribution is -0.141. The van der Waals surface area contributed by atoms with Crippen LogP contribution in [0, 0.1) is 0 Å². The molecule has 6 heteroatoms. The predicted molar refractivity (Wildman–Crippen MR) is 121 cm³/mol. The van der Waals surface area contributed by atoms with Gasteiger partial charge < -0.3 is 15.0 Å². The minimum Gasteiger partial charge on any atom is -0.383 e. The first-order chi connectivity index (χ1) is 14.6. The van der Waals surface area contributed by atoms with Crippen LogP contribution in [-0.4, -0.2) is 43.0 Å². The highest BCUT2D eigenvalue weighted by Gasteiger charge is 2.33. The molecule has 2 aromatic rings. The van der Waals surface area contributed by atoms with Gasteiger partial charge in [-0.05, 0) is 41.8 Å². The molecule has 1 N–H and O–H groups in total. The fourth-order valence-electron chi connectivity index (χ4n) is 4.01. The zero-order valence-corrected chi connectivity index (χ0v) is 18.7. The van der Waals surface area contributed by atoms with Crippen molar-refractivity contribution in [2.45, 2.75) is 57.5 Å². The van der Waals surface area contributed by atoms with Crippen LogP contribution in [-0.2, 0) is 27.2 Å². The molecule has 1 aromatic heterocycles. The average Bonchev–Trinajstić information content (AvgIpc) is 3.45. The Balaban J connectivity index is 1.89. The Labute approximate surface area is 183 Å². The Bertz CT molecular complexity index is 798. The van der Waals surface area contributed by atoms with Crippen molar-refractivity contribution < 1.29 is 14.3 Å². The second-order valence-electron chi connectivity index (χ2n) is 7.82. The maximum absolute atomic E-state index is 13.4. The fraction of sp³-hybridized carbons (Fsp3) is 0.500. The van der Waals surface area contributed by atoms with E-state index in [9.17, 15) is 9.59 Å². The molecule has 30 heavy (non-hydrogen) atoms. The van der Waals surface area contributed by atoms with Crippen molar-refractivity contribution in [3.8, 4) is 0 Å². The van der Waals surface area contributed by atoms with Crippen LogP contribution in [0.25, 0.3) is 0 Å². The van der Waals surface area contributed by atoms with E-state index in [1.165, 1.54) is 5.56 Å². The Morgan fingerprint density at radius 2 is 1.93 bits per heavy atom. The van der Waals surface area contributed by atoms with Gasteiger partial charge in [-0.1, -0.05) is 50.1 Å². The fourth-order valence-corrected chi connectivity index (χ4v) is 4.71. The SMILES string of the molecule is CCc1ccc([C@@H](C(=O)NC2CCCC2)N(CCOC)C(=O)Cc2cccs2)cc1. The highest BCUT2D eigenvalue weighted by atomic mass is 32.1. The van der Waals surface area contributed by atoms with Crippen LogP contribution in [0.2, 0.25) is 0 Å². The van der Waals surface area contributed by atoms with Crippen molar-refractivity contribution in [3.05, 3.63) is 57.8 Å². The van der Waals surface area contributed by atoms with E-state index >= 15 is 0 Å². The van der Waals surface area contributed by atoms with E-state index in [-0.39, 0.29) is 17.9 Å². The van der Waals surface area contributed by atoms with Gasteiger partial charge in [0.05, 0.1) is 13.0 Å². The number of ether oxygens (including phenoxy) is 1. The summed E-state index contributed by atoms with van der Waals surface area (Å²) in [6.07, 6.45) is 5.53. The molecule has 0 radical (unpaired) electrons. The van der Waals surface area contributed by atoms with E-state index in [4.69, 9.17) is 4.74 Å². The highest BCUT2D eigenvalue weighted by molar-refractivity contribution is 7.10. The minimum atomic E-state index is -0.654. The number of amides is 2. The quantitative estimate of drug-likeness (QED) is 0.619. The number of rotatable bonds is 10. The largest absolute Gasteiger partial charge is 0.383 e. The number of hydrogen-bond acceptors (Lipinski definition) is 4. The molecule has 1 atom stereocenters. The van der Waals surface area contributed by atoms with Crippen LogP contribution < -0.4 is 5.32 Å². The summed E-state index contributed by atoms with van der Waals surface area (Å²) >= 11 is 1.56. The Kier molecular flexibility index (Phi) is 8.46. The molecular formula is C24H32N2O3S. The molecule has 162 valence electrons. The third kappa shape index (κ3) is 5.92. The number of nitrogens with one attached hydrogen (secondary N) is 1. The smallest absolute Gasteiger partial charge is 0.247 e. The summed E-state index contributed by atoms with van der Waals surface area (Å²) in [5, 5.41) is 5.17. The van der Waals surface area contributed by atoms with Crippen molar-refractivity contribution in [2.75, 3.05) is 20.3 Å². The molecule has 1 fully saturated rings. The Morgan fingerprint density at radius 3 is 2.53 bits per heavy atom. The van der Waals surface area contributed by atoms with Gasteiger partial charge in [0, 0.05) is 24.6 Å². The summed E-state index contributed by atoms with van der Waals surface area (Å²) < 4.78 is 5.27. The molecular weight excluding hydrogens is 396 g/mol. The van der Waals surface area contributed by atoms with Gasteiger partial charge in [0.2, 0.25) is 11.8 Å². The first-order valence-electron chi connectivity index (χ1n) is 10.8. The molecule has 0 bridgehead atoms. The predicted octanol–water partition coefficient (Wildman–Crippen LogP) is 4.13. The van der Waals surface area contributed by atoms with Gasteiger partial charge in [-0.25, -0.2) is 0 Å². The first kappa shape index (κ1) is 22.5. The van der Waals surface area contributed by atoms with E-state index in [0.29, 0.717) is 19.6 Å². The van der Waals surface area contributed by atoms with E-state index in [2.05, 4.69) is 12.2 Å². The van der Waals surface area contributed by atoms with E-state index in [1.807, 2.05) is 41.8 Å². The van der Waals surface area contributed by atoms with Gasteiger partial charge in [-0.15, -0.1) is 11.3 Å². The van der Waals surface area contributed by atoms with Crippen molar-refractivity contribution in [3.63, 3.8) is 0 Å². The molecule has 2 amide bonds. The number of benzene rings is 1. The van der Waals surface area contributed by atoms with E-state index < -0.39 is 6.04 Å². The molecule has 1 aliphatic carbocycles. The second kappa shape index (κ2) is 11.3. The molecule has 3 rings (SSSR count). The van der Waals surface area contributed by atoms with Crippen LogP contribution in [0.1, 0.15) is 54.7 Å². The molecule has 5 nitrogen and oxygen atoms in total. The maximum atomic E-state index is 13.4. The Hall–Kier alpha value is -2.18.